The fourth-order valence-electron chi connectivity index (χ4n) is 3.73. The minimum absolute atomic E-state index is 0.127. The van der Waals surface area contributed by atoms with Crippen LogP contribution in [0.5, 0.6) is 5.75 Å². The molecular formula is C23H38O5. The molecule has 5 heteroatoms. The summed E-state index contributed by atoms with van der Waals surface area (Å²) in [5, 5.41) is 10.5. The number of hydrogen-bond acceptors (Lipinski definition) is 5. The first-order chi connectivity index (χ1) is 13.7. The zero-order chi connectivity index (χ0) is 20.2. The zero-order valence-electron chi connectivity index (χ0n) is 17.8. The first kappa shape index (κ1) is 23.1. The van der Waals surface area contributed by atoms with Gasteiger partial charge in [0.2, 0.25) is 0 Å². The van der Waals surface area contributed by atoms with E-state index in [1.807, 2.05) is 24.3 Å². The molecule has 1 heterocycles. The van der Waals surface area contributed by atoms with Crippen LogP contribution in [0, 0.1) is 0 Å². The topological polar surface area (TPSA) is 57.2 Å². The van der Waals surface area contributed by atoms with Crippen LogP contribution in [0.1, 0.15) is 70.3 Å². The minimum Gasteiger partial charge on any atom is -0.497 e. The highest BCUT2D eigenvalue weighted by atomic mass is 16.7. The third-order valence-corrected chi connectivity index (χ3v) is 5.47. The Morgan fingerprint density at radius 1 is 0.929 bits per heavy atom. The van der Waals surface area contributed by atoms with Crippen LogP contribution >= 0.6 is 0 Å². The minimum atomic E-state index is -0.762. The molecule has 5 nitrogen and oxygen atoms in total. The van der Waals surface area contributed by atoms with E-state index in [0.29, 0.717) is 6.61 Å². The number of aliphatic hydroxyl groups excluding tert-OH is 1. The Bertz CT molecular complexity index is 518. The van der Waals surface area contributed by atoms with E-state index in [-0.39, 0.29) is 12.2 Å². The van der Waals surface area contributed by atoms with Gasteiger partial charge in [-0.2, -0.15) is 0 Å². The molecule has 1 aromatic rings. The van der Waals surface area contributed by atoms with Crippen LogP contribution in [-0.2, 0) is 20.8 Å². The van der Waals surface area contributed by atoms with Gasteiger partial charge >= 0.3 is 0 Å². The zero-order valence-corrected chi connectivity index (χ0v) is 17.8. The van der Waals surface area contributed by atoms with Crippen molar-refractivity contribution in [3.63, 3.8) is 0 Å². The summed E-state index contributed by atoms with van der Waals surface area (Å²) in [6.07, 6.45) is 9.22. The Morgan fingerprint density at radius 2 is 1.57 bits per heavy atom. The van der Waals surface area contributed by atoms with Crippen LogP contribution in [0.15, 0.2) is 24.3 Å². The molecule has 160 valence electrons. The molecule has 0 spiro atoms. The van der Waals surface area contributed by atoms with E-state index in [9.17, 15) is 5.11 Å². The van der Waals surface area contributed by atoms with Gasteiger partial charge in [-0.05, 0) is 24.1 Å². The number of benzene rings is 1. The summed E-state index contributed by atoms with van der Waals surface area (Å²) in [5.74, 6) is 0.819. The van der Waals surface area contributed by atoms with Gasteiger partial charge in [-0.15, -0.1) is 0 Å². The van der Waals surface area contributed by atoms with Crippen molar-refractivity contribution in [3.05, 3.63) is 29.8 Å². The third-order valence-electron chi connectivity index (χ3n) is 5.47. The Morgan fingerprint density at radius 3 is 2.18 bits per heavy atom. The van der Waals surface area contributed by atoms with Crippen LogP contribution in [0.2, 0.25) is 0 Å². The molecule has 28 heavy (non-hydrogen) atoms. The molecule has 0 aromatic heterocycles. The fourth-order valence-corrected chi connectivity index (χ4v) is 3.73. The van der Waals surface area contributed by atoms with Crippen LogP contribution in [0.4, 0.5) is 0 Å². The van der Waals surface area contributed by atoms with Gasteiger partial charge in [-0.3, -0.25) is 0 Å². The van der Waals surface area contributed by atoms with Gasteiger partial charge in [0.15, 0.2) is 6.29 Å². The molecule has 2 rings (SSSR count). The van der Waals surface area contributed by atoms with Gasteiger partial charge in [0, 0.05) is 7.11 Å². The quantitative estimate of drug-likeness (QED) is 0.457. The van der Waals surface area contributed by atoms with Crippen LogP contribution in [-0.4, -0.2) is 43.9 Å². The van der Waals surface area contributed by atoms with E-state index in [0.717, 1.165) is 24.2 Å². The number of methoxy groups -OCH3 is 2. The first-order valence-corrected chi connectivity index (χ1v) is 10.8. The Labute approximate surface area is 170 Å². The molecule has 1 saturated heterocycles. The molecule has 1 aliphatic rings. The van der Waals surface area contributed by atoms with Crippen molar-refractivity contribution in [3.8, 4) is 5.75 Å². The van der Waals surface area contributed by atoms with E-state index in [1.54, 1.807) is 14.2 Å². The van der Waals surface area contributed by atoms with E-state index in [4.69, 9.17) is 18.9 Å². The SMILES string of the molecule is CCCCCCCCCC[C@H]1O[C@H](OC)[C@H](O)[C@H]1OCc1ccc(OC)cc1. The van der Waals surface area contributed by atoms with Gasteiger partial charge in [0.1, 0.15) is 18.0 Å². The summed E-state index contributed by atoms with van der Waals surface area (Å²) >= 11 is 0. The standard InChI is InChI=1S/C23H38O5/c1-4-5-6-7-8-9-10-11-12-20-22(21(24)23(26-3)28-20)27-17-18-13-15-19(25-2)16-14-18/h13-16,20-24H,4-12,17H2,1-3H3/t20-,21-,22+,23+/m1/s1. The molecule has 0 saturated carbocycles. The molecule has 1 aliphatic heterocycles. The van der Waals surface area contributed by atoms with Crippen molar-refractivity contribution in [1.82, 2.24) is 0 Å². The number of ether oxygens (including phenoxy) is 4. The van der Waals surface area contributed by atoms with Gasteiger partial charge in [0.25, 0.3) is 0 Å². The smallest absolute Gasteiger partial charge is 0.186 e. The van der Waals surface area contributed by atoms with Crippen molar-refractivity contribution in [2.75, 3.05) is 14.2 Å². The van der Waals surface area contributed by atoms with E-state index in [2.05, 4.69) is 6.92 Å². The number of rotatable bonds is 14. The number of unbranched alkanes of at least 4 members (excludes halogenated alkanes) is 7. The fraction of sp³-hybridized carbons (Fsp3) is 0.739. The second-order valence-electron chi connectivity index (χ2n) is 7.66. The maximum absolute atomic E-state index is 10.5. The third kappa shape index (κ3) is 7.36. The normalized spacial score (nSPS) is 24.6. The average molecular weight is 395 g/mol. The molecular weight excluding hydrogens is 356 g/mol. The first-order valence-electron chi connectivity index (χ1n) is 10.8. The molecule has 1 N–H and O–H groups in total. The van der Waals surface area contributed by atoms with E-state index in [1.165, 1.54) is 44.9 Å². The van der Waals surface area contributed by atoms with Crippen molar-refractivity contribution in [2.45, 2.75) is 95.9 Å². The lowest BCUT2D eigenvalue weighted by Crippen LogP contribution is -2.35. The van der Waals surface area contributed by atoms with E-state index >= 15 is 0 Å². The Kier molecular flexibility index (Phi) is 10.9. The largest absolute Gasteiger partial charge is 0.497 e. The molecule has 0 bridgehead atoms. The van der Waals surface area contributed by atoms with Crippen LogP contribution < -0.4 is 4.74 Å². The molecule has 1 aromatic carbocycles. The predicted molar refractivity (Wildman–Crippen MR) is 110 cm³/mol. The van der Waals surface area contributed by atoms with Gasteiger partial charge < -0.3 is 24.1 Å². The maximum Gasteiger partial charge on any atom is 0.186 e. The highest BCUT2D eigenvalue weighted by Gasteiger charge is 2.44. The lowest BCUT2D eigenvalue weighted by molar-refractivity contribution is -0.149. The van der Waals surface area contributed by atoms with Gasteiger partial charge in [-0.1, -0.05) is 70.4 Å². The Balaban J connectivity index is 1.75. The average Bonchev–Trinajstić information content (AvgIpc) is 3.03. The number of hydrogen-bond donors (Lipinski definition) is 1. The van der Waals surface area contributed by atoms with Crippen molar-refractivity contribution >= 4 is 0 Å². The summed E-state index contributed by atoms with van der Waals surface area (Å²) in [6.45, 7) is 2.68. The summed E-state index contributed by atoms with van der Waals surface area (Å²) in [4.78, 5) is 0. The van der Waals surface area contributed by atoms with Crippen molar-refractivity contribution in [1.29, 1.82) is 0 Å². The molecule has 0 radical (unpaired) electrons. The highest BCUT2D eigenvalue weighted by Crippen LogP contribution is 2.29. The molecule has 0 unspecified atom stereocenters. The molecule has 0 aliphatic carbocycles. The van der Waals surface area contributed by atoms with Crippen molar-refractivity contribution in [2.24, 2.45) is 0 Å². The summed E-state index contributed by atoms with van der Waals surface area (Å²) in [7, 11) is 3.21. The highest BCUT2D eigenvalue weighted by molar-refractivity contribution is 5.26. The van der Waals surface area contributed by atoms with Gasteiger partial charge in [0.05, 0.1) is 19.8 Å². The number of aliphatic hydroxyl groups is 1. The van der Waals surface area contributed by atoms with Crippen LogP contribution in [0.25, 0.3) is 0 Å². The maximum atomic E-state index is 10.5. The lowest BCUT2D eigenvalue weighted by atomic mass is 10.0. The van der Waals surface area contributed by atoms with Crippen LogP contribution in [0.3, 0.4) is 0 Å². The van der Waals surface area contributed by atoms with E-state index < -0.39 is 12.4 Å². The summed E-state index contributed by atoms with van der Waals surface area (Å²) in [5.41, 5.74) is 1.04. The summed E-state index contributed by atoms with van der Waals surface area (Å²) in [6, 6.07) is 7.77. The predicted octanol–water partition coefficient (Wildman–Crippen LogP) is 4.84. The Hall–Kier alpha value is -1.14. The monoisotopic (exact) mass is 394 g/mol. The van der Waals surface area contributed by atoms with Crippen molar-refractivity contribution < 1.29 is 24.1 Å². The summed E-state index contributed by atoms with van der Waals surface area (Å²) < 4.78 is 22.4. The second kappa shape index (κ2) is 13.2. The molecule has 1 fully saturated rings. The second-order valence-corrected chi connectivity index (χ2v) is 7.66. The van der Waals surface area contributed by atoms with Gasteiger partial charge in [-0.25, -0.2) is 0 Å². The molecule has 4 atom stereocenters. The molecule has 0 amide bonds. The lowest BCUT2D eigenvalue weighted by Gasteiger charge is -2.21.